The van der Waals surface area contributed by atoms with Gasteiger partial charge in [-0.25, -0.2) is 0 Å². The van der Waals surface area contributed by atoms with Gasteiger partial charge in [-0.1, -0.05) is 6.07 Å². The molecular weight excluding hydrogens is 282 g/mol. The molecule has 2 aromatic rings. The molecule has 0 fully saturated rings. The van der Waals surface area contributed by atoms with Gasteiger partial charge in [0, 0.05) is 16.1 Å². The molecule has 1 amide bonds. The van der Waals surface area contributed by atoms with Crippen LogP contribution in [0.15, 0.2) is 47.4 Å². The molecule has 0 aliphatic rings. The largest absolute Gasteiger partial charge is 0.322 e. The average Bonchev–Trinajstić information content (AvgIpc) is 2.54. The molecule has 102 valence electrons. The van der Waals surface area contributed by atoms with E-state index in [9.17, 15) is 4.79 Å². The summed E-state index contributed by atoms with van der Waals surface area (Å²) in [5.41, 5.74) is 1.90. The molecule has 0 atom stereocenters. The van der Waals surface area contributed by atoms with Crippen molar-refractivity contribution in [1.29, 1.82) is 10.5 Å². The molecule has 0 spiro atoms. The van der Waals surface area contributed by atoms with E-state index in [-0.39, 0.29) is 5.91 Å². The van der Waals surface area contributed by atoms with Crippen molar-refractivity contribution in [3.63, 3.8) is 0 Å². The summed E-state index contributed by atoms with van der Waals surface area (Å²) in [7, 11) is 0. The van der Waals surface area contributed by atoms with Gasteiger partial charge in [0.2, 0.25) is 0 Å². The zero-order valence-electron chi connectivity index (χ0n) is 11.3. The summed E-state index contributed by atoms with van der Waals surface area (Å²) in [6, 6.07) is 15.7. The van der Waals surface area contributed by atoms with E-state index < -0.39 is 0 Å². The number of carbonyl (C=O) groups is 1. The van der Waals surface area contributed by atoms with Crippen LogP contribution in [0.3, 0.4) is 0 Å². The third kappa shape index (κ3) is 3.42. The van der Waals surface area contributed by atoms with Crippen LogP contribution in [0.25, 0.3) is 0 Å². The number of nitrogens with one attached hydrogen (secondary N) is 1. The summed E-state index contributed by atoms with van der Waals surface area (Å²) >= 11 is 1.48. The summed E-state index contributed by atoms with van der Waals surface area (Å²) in [6.45, 7) is 0. The fourth-order valence-electron chi connectivity index (χ4n) is 1.81. The number of hydrogen-bond acceptors (Lipinski definition) is 4. The van der Waals surface area contributed by atoms with E-state index in [4.69, 9.17) is 10.5 Å². The summed E-state index contributed by atoms with van der Waals surface area (Å²) < 4.78 is 0. The molecule has 0 heterocycles. The highest BCUT2D eigenvalue weighted by atomic mass is 32.2. The maximum atomic E-state index is 12.1. The second-order valence-corrected chi connectivity index (χ2v) is 5.02. The fraction of sp³-hybridized carbons (Fsp3) is 0.0625. The highest BCUT2D eigenvalue weighted by Crippen LogP contribution is 2.23. The number of carbonyl (C=O) groups excluding carboxylic acids is 1. The number of benzene rings is 2. The fourth-order valence-corrected chi connectivity index (χ4v) is 2.33. The average molecular weight is 293 g/mol. The number of amides is 1. The molecule has 0 bridgehead atoms. The van der Waals surface area contributed by atoms with Gasteiger partial charge < -0.3 is 5.32 Å². The lowest BCUT2D eigenvalue weighted by Crippen LogP contribution is -2.12. The van der Waals surface area contributed by atoms with Crippen molar-refractivity contribution in [3.8, 4) is 12.1 Å². The van der Waals surface area contributed by atoms with Crippen LogP contribution in [0, 0.1) is 22.7 Å². The Bertz CT molecular complexity index is 772. The van der Waals surface area contributed by atoms with E-state index >= 15 is 0 Å². The third-order valence-electron chi connectivity index (χ3n) is 2.83. The molecule has 0 aliphatic carbocycles. The lowest BCUT2D eigenvalue weighted by Gasteiger charge is -2.07. The van der Waals surface area contributed by atoms with Gasteiger partial charge in [0.15, 0.2) is 0 Å². The Kier molecular flexibility index (Phi) is 4.61. The summed E-state index contributed by atoms with van der Waals surface area (Å²) in [6.07, 6.45) is 1.89. The summed E-state index contributed by atoms with van der Waals surface area (Å²) in [4.78, 5) is 13.0. The molecule has 0 saturated carbocycles. The first-order chi connectivity index (χ1) is 10.2. The van der Waals surface area contributed by atoms with Crippen LogP contribution in [-0.2, 0) is 0 Å². The van der Waals surface area contributed by atoms with Gasteiger partial charge in [0.1, 0.15) is 6.07 Å². The van der Waals surface area contributed by atoms with E-state index in [2.05, 4.69) is 11.4 Å². The molecule has 0 radical (unpaired) electrons. The first kappa shape index (κ1) is 14.6. The number of nitrogens with zero attached hydrogens (tertiary/aromatic N) is 2. The zero-order chi connectivity index (χ0) is 15.2. The quantitative estimate of drug-likeness (QED) is 0.880. The SMILES string of the molecule is CSc1ccc(NC(=O)c2cccc(C#N)c2)cc1C#N. The molecule has 1 N–H and O–H groups in total. The van der Waals surface area contributed by atoms with Gasteiger partial charge >= 0.3 is 0 Å². The maximum Gasteiger partial charge on any atom is 0.255 e. The van der Waals surface area contributed by atoms with Gasteiger partial charge in [-0.3, -0.25) is 4.79 Å². The van der Waals surface area contributed by atoms with Crippen LogP contribution in [0.4, 0.5) is 5.69 Å². The van der Waals surface area contributed by atoms with Crippen LogP contribution in [0.1, 0.15) is 21.5 Å². The molecule has 0 saturated heterocycles. The zero-order valence-corrected chi connectivity index (χ0v) is 12.1. The first-order valence-corrected chi connectivity index (χ1v) is 7.30. The van der Waals surface area contributed by atoms with Crippen LogP contribution in [0.2, 0.25) is 0 Å². The molecule has 5 heteroatoms. The van der Waals surface area contributed by atoms with Gasteiger partial charge in [-0.05, 0) is 42.7 Å². The first-order valence-electron chi connectivity index (χ1n) is 6.07. The number of hydrogen-bond donors (Lipinski definition) is 1. The summed E-state index contributed by atoms with van der Waals surface area (Å²) in [5, 5.41) is 20.6. The van der Waals surface area contributed by atoms with E-state index in [1.807, 2.05) is 12.3 Å². The molecule has 2 rings (SSSR count). The predicted octanol–water partition coefficient (Wildman–Crippen LogP) is 3.40. The Hall–Kier alpha value is -2.76. The minimum absolute atomic E-state index is 0.312. The van der Waals surface area contributed by atoms with E-state index in [1.54, 1.807) is 36.4 Å². The topological polar surface area (TPSA) is 76.7 Å². The second-order valence-electron chi connectivity index (χ2n) is 4.17. The molecule has 4 nitrogen and oxygen atoms in total. The number of rotatable bonds is 3. The monoisotopic (exact) mass is 293 g/mol. The minimum atomic E-state index is -0.312. The number of anilines is 1. The van der Waals surface area contributed by atoms with Gasteiger partial charge in [-0.2, -0.15) is 10.5 Å². The van der Waals surface area contributed by atoms with E-state index in [0.717, 1.165) is 4.90 Å². The minimum Gasteiger partial charge on any atom is -0.322 e. The van der Waals surface area contributed by atoms with Crippen molar-refractivity contribution in [2.75, 3.05) is 11.6 Å². The van der Waals surface area contributed by atoms with E-state index in [0.29, 0.717) is 22.4 Å². The van der Waals surface area contributed by atoms with Crippen molar-refractivity contribution in [2.45, 2.75) is 4.90 Å². The Morgan fingerprint density at radius 1 is 1.14 bits per heavy atom. The van der Waals surface area contributed by atoms with E-state index in [1.165, 1.54) is 17.8 Å². The lowest BCUT2D eigenvalue weighted by molar-refractivity contribution is 0.102. The Morgan fingerprint density at radius 3 is 2.62 bits per heavy atom. The van der Waals surface area contributed by atoms with Crippen molar-refractivity contribution in [2.24, 2.45) is 0 Å². The molecule has 0 aliphatic heterocycles. The molecule has 21 heavy (non-hydrogen) atoms. The standard InChI is InChI=1S/C16H11N3OS/c1-21-15-6-5-14(8-13(15)10-18)19-16(20)12-4-2-3-11(7-12)9-17/h2-8H,1H3,(H,19,20). The second kappa shape index (κ2) is 6.60. The Balaban J connectivity index is 2.24. The van der Waals surface area contributed by atoms with Gasteiger partial charge in [0.05, 0.1) is 17.2 Å². The summed E-state index contributed by atoms with van der Waals surface area (Å²) in [5.74, 6) is -0.312. The lowest BCUT2D eigenvalue weighted by atomic mass is 10.1. The highest BCUT2D eigenvalue weighted by Gasteiger charge is 2.08. The van der Waals surface area contributed by atoms with Crippen LogP contribution >= 0.6 is 11.8 Å². The molecule has 0 aromatic heterocycles. The normalized spacial score (nSPS) is 9.48. The third-order valence-corrected chi connectivity index (χ3v) is 3.63. The molecule has 0 unspecified atom stereocenters. The van der Waals surface area contributed by atoms with Crippen LogP contribution in [0.5, 0.6) is 0 Å². The highest BCUT2D eigenvalue weighted by molar-refractivity contribution is 7.98. The predicted molar refractivity (Wildman–Crippen MR) is 82.0 cm³/mol. The smallest absolute Gasteiger partial charge is 0.255 e. The van der Waals surface area contributed by atoms with Gasteiger partial charge in [-0.15, -0.1) is 11.8 Å². The molecular formula is C16H11N3OS. The van der Waals surface area contributed by atoms with Crippen LogP contribution < -0.4 is 5.32 Å². The van der Waals surface area contributed by atoms with Crippen molar-refractivity contribution in [1.82, 2.24) is 0 Å². The number of thioether (sulfide) groups is 1. The van der Waals surface area contributed by atoms with Crippen molar-refractivity contribution >= 4 is 23.4 Å². The van der Waals surface area contributed by atoms with Crippen molar-refractivity contribution < 1.29 is 4.79 Å². The molecule has 2 aromatic carbocycles. The van der Waals surface area contributed by atoms with Crippen molar-refractivity contribution in [3.05, 3.63) is 59.2 Å². The number of nitriles is 2. The van der Waals surface area contributed by atoms with Crippen LogP contribution in [-0.4, -0.2) is 12.2 Å². The Morgan fingerprint density at radius 2 is 1.95 bits per heavy atom. The Labute approximate surface area is 127 Å². The van der Waals surface area contributed by atoms with Gasteiger partial charge in [0.25, 0.3) is 5.91 Å². The maximum absolute atomic E-state index is 12.1.